The number of allylic oxidation sites excluding steroid dienone is 1. The lowest BCUT2D eigenvalue weighted by Gasteiger charge is -2.48. The molecule has 2 aliphatic rings. The average molecular weight is 338 g/mol. The van der Waals surface area contributed by atoms with Gasteiger partial charge in [0, 0.05) is 31.6 Å². The van der Waals surface area contributed by atoms with Crippen molar-refractivity contribution in [2.75, 3.05) is 20.3 Å². The van der Waals surface area contributed by atoms with E-state index in [-0.39, 0.29) is 25.4 Å². The summed E-state index contributed by atoms with van der Waals surface area (Å²) in [5.41, 5.74) is -2.20. The zero-order chi connectivity index (χ0) is 18.0. The molecule has 2 aliphatic carbocycles. The molecule has 0 radical (unpaired) electrons. The van der Waals surface area contributed by atoms with E-state index in [2.05, 4.69) is 0 Å². The number of carbonyl (C=O) groups is 4. The van der Waals surface area contributed by atoms with Crippen molar-refractivity contribution in [3.63, 3.8) is 0 Å². The zero-order valence-corrected chi connectivity index (χ0v) is 14.1. The lowest BCUT2D eigenvalue weighted by molar-refractivity contribution is -0.175. The molecular formula is C17H22O7. The van der Waals surface area contributed by atoms with Gasteiger partial charge in [0.1, 0.15) is 18.6 Å². The quantitative estimate of drug-likeness (QED) is 0.321. The van der Waals surface area contributed by atoms with Gasteiger partial charge < -0.3 is 14.2 Å². The third-order valence-corrected chi connectivity index (χ3v) is 5.00. The van der Waals surface area contributed by atoms with Crippen LogP contribution in [0.1, 0.15) is 33.1 Å². The molecule has 0 aliphatic heterocycles. The molecule has 2 atom stereocenters. The van der Waals surface area contributed by atoms with Crippen LogP contribution in [0.5, 0.6) is 0 Å². The minimum atomic E-state index is -1.40. The van der Waals surface area contributed by atoms with Crippen LogP contribution in [0, 0.1) is 16.7 Å². The fourth-order valence-electron chi connectivity index (χ4n) is 3.83. The SMILES string of the molecule is COC(=O)[C@@]12C=CC[C@@H]1C(COC(C)=O)(COC(C)=O)CCC2=O. The maximum Gasteiger partial charge on any atom is 0.323 e. The number of carbonyl (C=O) groups excluding carboxylic acids is 4. The molecule has 132 valence electrons. The second kappa shape index (κ2) is 6.75. The largest absolute Gasteiger partial charge is 0.468 e. The minimum absolute atomic E-state index is 0.0199. The van der Waals surface area contributed by atoms with Gasteiger partial charge in [-0.1, -0.05) is 12.2 Å². The van der Waals surface area contributed by atoms with E-state index in [1.54, 1.807) is 12.2 Å². The van der Waals surface area contributed by atoms with Crippen molar-refractivity contribution in [1.82, 2.24) is 0 Å². The molecule has 0 heterocycles. The molecule has 0 amide bonds. The summed E-state index contributed by atoms with van der Waals surface area (Å²) in [7, 11) is 1.24. The van der Waals surface area contributed by atoms with E-state index in [0.29, 0.717) is 12.8 Å². The van der Waals surface area contributed by atoms with Crippen LogP contribution in [-0.2, 0) is 33.4 Å². The molecule has 7 nitrogen and oxygen atoms in total. The van der Waals surface area contributed by atoms with Crippen LogP contribution in [-0.4, -0.2) is 44.0 Å². The van der Waals surface area contributed by atoms with E-state index in [4.69, 9.17) is 14.2 Å². The Balaban J connectivity index is 2.42. The Bertz CT molecular complexity index is 564. The highest BCUT2D eigenvalue weighted by molar-refractivity contribution is 6.07. The minimum Gasteiger partial charge on any atom is -0.468 e. The van der Waals surface area contributed by atoms with Gasteiger partial charge in [-0.2, -0.15) is 0 Å². The Morgan fingerprint density at radius 3 is 2.25 bits per heavy atom. The van der Waals surface area contributed by atoms with Gasteiger partial charge in [-0.05, 0) is 12.8 Å². The number of hydrogen-bond donors (Lipinski definition) is 0. The first kappa shape index (κ1) is 18.2. The topological polar surface area (TPSA) is 96.0 Å². The molecule has 24 heavy (non-hydrogen) atoms. The summed E-state index contributed by atoms with van der Waals surface area (Å²) in [6.45, 7) is 2.53. The van der Waals surface area contributed by atoms with Crippen LogP contribution in [0.4, 0.5) is 0 Å². The van der Waals surface area contributed by atoms with E-state index in [0.717, 1.165) is 0 Å². The number of fused-ring (bicyclic) bond motifs is 1. The Kier molecular flexibility index (Phi) is 5.11. The van der Waals surface area contributed by atoms with Crippen LogP contribution < -0.4 is 0 Å². The standard InChI is InChI=1S/C17H22O7/c1-11(18)23-9-16(10-24-12(2)19)8-6-14(20)17(15(21)22-3)7-4-5-13(16)17/h4,7,13H,5-6,8-10H2,1-3H3/t13-,17+/m1/s1. The van der Waals surface area contributed by atoms with Gasteiger partial charge in [0.25, 0.3) is 0 Å². The van der Waals surface area contributed by atoms with Crippen LogP contribution in [0.25, 0.3) is 0 Å². The van der Waals surface area contributed by atoms with Crippen molar-refractivity contribution in [2.45, 2.75) is 33.1 Å². The van der Waals surface area contributed by atoms with Gasteiger partial charge in [0.05, 0.1) is 7.11 Å². The number of rotatable bonds is 5. The van der Waals surface area contributed by atoms with Crippen LogP contribution in [0.2, 0.25) is 0 Å². The third-order valence-electron chi connectivity index (χ3n) is 5.00. The number of ketones is 1. The van der Waals surface area contributed by atoms with Crippen molar-refractivity contribution in [1.29, 1.82) is 0 Å². The maximum absolute atomic E-state index is 12.6. The average Bonchev–Trinajstić information content (AvgIpc) is 3.00. The van der Waals surface area contributed by atoms with Crippen molar-refractivity contribution < 1.29 is 33.4 Å². The lowest BCUT2D eigenvalue weighted by atomic mass is 9.55. The van der Waals surface area contributed by atoms with E-state index < -0.39 is 34.7 Å². The second-order valence-corrected chi connectivity index (χ2v) is 6.40. The molecule has 0 aromatic carbocycles. The summed E-state index contributed by atoms with van der Waals surface area (Å²) >= 11 is 0. The molecule has 0 bridgehead atoms. The Morgan fingerprint density at radius 2 is 1.75 bits per heavy atom. The van der Waals surface area contributed by atoms with Gasteiger partial charge in [-0.25, -0.2) is 0 Å². The summed E-state index contributed by atoms with van der Waals surface area (Å²) in [4.78, 5) is 47.6. The van der Waals surface area contributed by atoms with Gasteiger partial charge in [0.2, 0.25) is 0 Å². The van der Waals surface area contributed by atoms with Gasteiger partial charge in [-0.15, -0.1) is 0 Å². The van der Waals surface area contributed by atoms with Crippen molar-refractivity contribution in [2.24, 2.45) is 16.7 Å². The molecule has 0 saturated heterocycles. The number of Topliss-reactive ketones (excluding diaryl/α,β-unsaturated/α-hetero) is 1. The normalized spacial score (nSPS) is 27.3. The molecule has 0 unspecified atom stereocenters. The number of methoxy groups -OCH3 is 1. The molecule has 7 heteroatoms. The second-order valence-electron chi connectivity index (χ2n) is 6.40. The highest BCUT2D eigenvalue weighted by Gasteiger charge is 2.63. The first-order valence-electron chi connectivity index (χ1n) is 7.84. The molecular weight excluding hydrogens is 316 g/mol. The molecule has 0 aromatic rings. The number of hydrogen-bond acceptors (Lipinski definition) is 7. The summed E-state index contributed by atoms with van der Waals surface area (Å²) in [5.74, 6) is -2.25. The highest BCUT2D eigenvalue weighted by Crippen LogP contribution is 2.56. The molecule has 1 saturated carbocycles. The molecule has 1 fully saturated rings. The van der Waals surface area contributed by atoms with Crippen molar-refractivity contribution >= 4 is 23.7 Å². The fourth-order valence-corrected chi connectivity index (χ4v) is 3.83. The van der Waals surface area contributed by atoms with Crippen LogP contribution >= 0.6 is 0 Å². The van der Waals surface area contributed by atoms with E-state index in [1.807, 2.05) is 0 Å². The summed E-state index contributed by atoms with van der Waals surface area (Å²) in [5, 5.41) is 0. The predicted octanol–water partition coefficient (Wildman–Crippen LogP) is 1.20. The number of ether oxygens (including phenoxy) is 3. The Hall–Kier alpha value is -2.18. The van der Waals surface area contributed by atoms with E-state index in [9.17, 15) is 19.2 Å². The summed E-state index contributed by atoms with van der Waals surface area (Å²) < 4.78 is 15.3. The van der Waals surface area contributed by atoms with Gasteiger partial charge in [0.15, 0.2) is 5.78 Å². The molecule has 0 spiro atoms. The van der Waals surface area contributed by atoms with Gasteiger partial charge in [-0.3, -0.25) is 19.2 Å². The summed E-state index contributed by atoms with van der Waals surface area (Å²) in [6.07, 6.45) is 4.29. The fraction of sp³-hybridized carbons (Fsp3) is 0.647. The molecule has 0 aromatic heterocycles. The van der Waals surface area contributed by atoms with Crippen LogP contribution in [0.15, 0.2) is 12.2 Å². The predicted molar refractivity (Wildman–Crippen MR) is 81.6 cm³/mol. The highest BCUT2D eigenvalue weighted by atomic mass is 16.5. The third kappa shape index (κ3) is 2.95. The van der Waals surface area contributed by atoms with Crippen LogP contribution in [0.3, 0.4) is 0 Å². The number of esters is 3. The van der Waals surface area contributed by atoms with E-state index >= 15 is 0 Å². The Morgan fingerprint density at radius 1 is 1.17 bits per heavy atom. The first-order chi connectivity index (χ1) is 11.3. The maximum atomic E-state index is 12.6. The van der Waals surface area contributed by atoms with Crippen molar-refractivity contribution in [3.8, 4) is 0 Å². The monoisotopic (exact) mass is 338 g/mol. The van der Waals surface area contributed by atoms with E-state index in [1.165, 1.54) is 21.0 Å². The van der Waals surface area contributed by atoms with Crippen molar-refractivity contribution in [3.05, 3.63) is 12.2 Å². The summed E-state index contributed by atoms with van der Waals surface area (Å²) in [6, 6.07) is 0. The van der Waals surface area contributed by atoms with Gasteiger partial charge >= 0.3 is 17.9 Å². The Labute approximate surface area is 140 Å². The zero-order valence-electron chi connectivity index (χ0n) is 14.1. The molecule has 2 rings (SSSR count). The molecule has 0 N–H and O–H groups in total. The lowest BCUT2D eigenvalue weighted by Crippen LogP contribution is -2.57. The smallest absolute Gasteiger partial charge is 0.323 e. The first-order valence-corrected chi connectivity index (χ1v) is 7.84.